The van der Waals surface area contributed by atoms with Gasteiger partial charge in [0.2, 0.25) is 0 Å². The Morgan fingerprint density at radius 3 is 2.73 bits per heavy atom. The standard InChI is InChI=1S/C11H12Br2O2/c1-7-3-4-8(9(12)5-7)6-10(13)11(14)15-2/h3-5,10H,6H2,1-2H3. The van der Waals surface area contributed by atoms with Crippen LogP contribution in [0.2, 0.25) is 0 Å². The number of carbonyl (C=O) groups excluding carboxylic acids is 1. The number of esters is 1. The second-order valence-electron chi connectivity index (χ2n) is 3.29. The molecule has 1 aromatic carbocycles. The molecule has 1 unspecified atom stereocenters. The summed E-state index contributed by atoms with van der Waals surface area (Å²) in [6.45, 7) is 2.03. The van der Waals surface area contributed by atoms with Crippen molar-refractivity contribution in [2.75, 3.05) is 7.11 Å². The summed E-state index contributed by atoms with van der Waals surface area (Å²) in [5, 5.41) is 0. The topological polar surface area (TPSA) is 26.3 Å². The molecule has 1 aromatic rings. The van der Waals surface area contributed by atoms with Gasteiger partial charge in [0.1, 0.15) is 4.83 Å². The molecule has 1 rings (SSSR count). The monoisotopic (exact) mass is 334 g/mol. The Bertz CT molecular complexity index is 364. The van der Waals surface area contributed by atoms with Crippen LogP contribution in [-0.2, 0) is 16.0 Å². The molecule has 0 aromatic heterocycles. The lowest BCUT2D eigenvalue weighted by atomic mass is 10.1. The maximum atomic E-state index is 11.2. The highest BCUT2D eigenvalue weighted by Gasteiger charge is 2.16. The number of methoxy groups -OCH3 is 1. The number of aryl methyl sites for hydroxylation is 1. The molecule has 0 heterocycles. The molecule has 0 fully saturated rings. The third-order valence-corrected chi connectivity index (χ3v) is 3.50. The van der Waals surface area contributed by atoms with E-state index in [2.05, 4.69) is 36.6 Å². The highest BCUT2D eigenvalue weighted by Crippen LogP contribution is 2.22. The lowest BCUT2D eigenvalue weighted by Crippen LogP contribution is -2.18. The third-order valence-electron chi connectivity index (χ3n) is 2.06. The van der Waals surface area contributed by atoms with Gasteiger partial charge in [0, 0.05) is 4.47 Å². The Hall–Kier alpha value is -0.350. The van der Waals surface area contributed by atoms with Crippen LogP contribution in [0.25, 0.3) is 0 Å². The first-order valence-corrected chi connectivity index (χ1v) is 6.22. The van der Waals surface area contributed by atoms with Gasteiger partial charge in [0.25, 0.3) is 0 Å². The highest BCUT2D eigenvalue weighted by atomic mass is 79.9. The number of rotatable bonds is 3. The van der Waals surface area contributed by atoms with Crippen LogP contribution in [0.15, 0.2) is 22.7 Å². The second-order valence-corrected chi connectivity index (χ2v) is 5.25. The van der Waals surface area contributed by atoms with E-state index in [-0.39, 0.29) is 10.8 Å². The fourth-order valence-electron chi connectivity index (χ4n) is 1.22. The molecule has 0 N–H and O–H groups in total. The summed E-state index contributed by atoms with van der Waals surface area (Å²) >= 11 is 6.77. The van der Waals surface area contributed by atoms with Crippen molar-refractivity contribution in [1.29, 1.82) is 0 Å². The van der Waals surface area contributed by atoms with E-state index < -0.39 is 0 Å². The van der Waals surface area contributed by atoms with Crippen LogP contribution in [0.3, 0.4) is 0 Å². The van der Waals surface area contributed by atoms with Crippen molar-refractivity contribution in [3.05, 3.63) is 33.8 Å². The van der Waals surface area contributed by atoms with Gasteiger partial charge in [-0.05, 0) is 30.5 Å². The zero-order valence-corrected chi connectivity index (χ0v) is 11.8. The predicted octanol–water partition coefficient (Wildman–Crippen LogP) is 3.24. The molecular weight excluding hydrogens is 324 g/mol. The number of carbonyl (C=O) groups is 1. The normalized spacial score (nSPS) is 12.3. The van der Waals surface area contributed by atoms with Gasteiger partial charge in [-0.25, -0.2) is 0 Å². The highest BCUT2D eigenvalue weighted by molar-refractivity contribution is 9.10. The minimum absolute atomic E-state index is 0.248. The second kappa shape index (κ2) is 5.66. The molecule has 15 heavy (non-hydrogen) atoms. The lowest BCUT2D eigenvalue weighted by Gasteiger charge is -2.09. The zero-order valence-electron chi connectivity index (χ0n) is 8.59. The first-order valence-electron chi connectivity index (χ1n) is 4.51. The van der Waals surface area contributed by atoms with Crippen LogP contribution in [-0.4, -0.2) is 17.9 Å². The van der Waals surface area contributed by atoms with E-state index in [0.717, 1.165) is 10.0 Å². The average molecular weight is 336 g/mol. The molecule has 0 radical (unpaired) electrons. The lowest BCUT2D eigenvalue weighted by molar-refractivity contribution is -0.139. The van der Waals surface area contributed by atoms with E-state index >= 15 is 0 Å². The summed E-state index contributed by atoms with van der Waals surface area (Å²) < 4.78 is 5.67. The van der Waals surface area contributed by atoms with Gasteiger partial charge in [0.05, 0.1) is 7.11 Å². The molecule has 0 bridgehead atoms. The van der Waals surface area contributed by atoms with Crippen molar-refractivity contribution in [3.8, 4) is 0 Å². The van der Waals surface area contributed by atoms with Gasteiger partial charge in [-0.2, -0.15) is 0 Å². The van der Waals surface area contributed by atoms with Crippen LogP contribution >= 0.6 is 31.9 Å². The van der Waals surface area contributed by atoms with Gasteiger partial charge in [-0.15, -0.1) is 0 Å². The Kier molecular flexibility index (Phi) is 4.80. The van der Waals surface area contributed by atoms with E-state index in [1.165, 1.54) is 12.7 Å². The number of benzene rings is 1. The average Bonchev–Trinajstić information content (AvgIpc) is 2.20. The molecule has 0 aliphatic heterocycles. The first-order chi connectivity index (χ1) is 7.04. The van der Waals surface area contributed by atoms with Crippen molar-refractivity contribution in [2.24, 2.45) is 0 Å². The van der Waals surface area contributed by atoms with E-state index in [9.17, 15) is 4.79 Å². The molecule has 0 aliphatic rings. The smallest absolute Gasteiger partial charge is 0.319 e. The summed E-state index contributed by atoms with van der Waals surface area (Å²) in [6.07, 6.45) is 0.619. The molecule has 82 valence electrons. The molecule has 0 spiro atoms. The van der Waals surface area contributed by atoms with Crippen LogP contribution in [0.5, 0.6) is 0 Å². The predicted molar refractivity (Wildman–Crippen MR) is 67.3 cm³/mol. The summed E-state index contributed by atoms with van der Waals surface area (Å²) in [4.78, 5) is 10.9. The Labute approximate surface area is 106 Å². The maximum Gasteiger partial charge on any atom is 0.319 e. The molecule has 4 heteroatoms. The Balaban J connectivity index is 2.76. The molecule has 0 aliphatic carbocycles. The van der Waals surface area contributed by atoms with Gasteiger partial charge in [-0.1, -0.05) is 44.0 Å². The van der Waals surface area contributed by atoms with E-state index in [1.54, 1.807) is 0 Å². The van der Waals surface area contributed by atoms with Crippen molar-refractivity contribution in [3.63, 3.8) is 0 Å². The van der Waals surface area contributed by atoms with Gasteiger partial charge < -0.3 is 4.74 Å². The van der Waals surface area contributed by atoms with E-state index in [1.807, 2.05) is 25.1 Å². The third kappa shape index (κ3) is 3.61. The number of ether oxygens (including phenoxy) is 1. The molecule has 1 atom stereocenters. The minimum atomic E-state index is -0.290. The SMILES string of the molecule is COC(=O)C(Br)Cc1ccc(C)cc1Br. The maximum absolute atomic E-state index is 11.2. The van der Waals surface area contributed by atoms with E-state index in [4.69, 9.17) is 0 Å². The Morgan fingerprint density at radius 1 is 1.53 bits per heavy atom. The number of alkyl halides is 1. The van der Waals surface area contributed by atoms with Crippen molar-refractivity contribution in [2.45, 2.75) is 18.2 Å². The quantitative estimate of drug-likeness (QED) is 0.626. The molecule has 2 nitrogen and oxygen atoms in total. The van der Waals surface area contributed by atoms with Crippen molar-refractivity contribution >= 4 is 37.8 Å². The first kappa shape index (κ1) is 12.7. The van der Waals surface area contributed by atoms with Gasteiger partial charge in [-0.3, -0.25) is 4.79 Å². The summed E-state index contributed by atoms with van der Waals surface area (Å²) in [5.41, 5.74) is 2.28. The van der Waals surface area contributed by atoms with Crippen molar-refractivity contribution in [1.82, 2.24) is 0 Å². The molecule has 0 amide bonds. The van der Waals surface area contributed by atoms with Crippen molar-refractivity contribution < 1.29 is 9.53 Å². The van der Waals surface area contributed by atoms with E-state index in [0.29, 0.717) is 6.42 Å². The molecule has 0 saturated carbocycles. The summed E-state index contributed by atoms with van der Waals surface area (Å²) in [6, 6.07) is 6.07. The largest absolute Gasteiger partial charge is 0.468 e. The fourth-order valence-corrected chi connectivity index (χ4v) is 2.41. The van der Waals surface area contributed by atoms with Gasteiger partial charge >= 0.3 is 5.97 Å². The fraction of sp³-hybridized carbons (Fsp3) is 0.364. The summed E-state index contributed by atoms with van der Waals surface area (Å²) in [5.74, 6) is -0.248. The number of hydrogen-bond acceptors (Lipinski definition) is 2. The Morgan fingerprint density at radius 2 is 2.20 bits per heavy atom. The van der Waals surface area contributed by atoms with Crippen LogP contribution < -0.4 is 0 Å². The van der Waals surface area contributed by atoms with Gasteiger partial charge in [0.15, 0.2) is 0 Å². The number of halogens is 2. The van der Waals surface area contributed by atoms with Crippen LogP contribution in [0.4, 0.5) is 0 Å². The summed E-state index contributed by atoms with van der Waals surface area (Å²) in [7, 11) is 1.39. The van der Waals surface area contributed by atoms with Crippen LogP contribution in [0.1, 0.15) is 11.1 Å². The zero-order chi connectivity index (χ0) is 11.4. The molecule has 0 saturated heterocycles. The number of hydrogen-bond donors (Lipinski definition) is 0. The van der Waals surface area contributed by atoms with Crippen LogP contribution in [0, 0.1) is 6.92 Å². The minimum Gasteiger partial charge on any atom is -0.468 e. The molecular formula is C11H12Br2O2.